The molecule has 1 fully saturated rings. The molecule has 0 spiro atoms. The maximum Gasteiger partial charge on any atom is 0.260 e. The minimum Gasteiger partial charge on any atom is -0.369 e. The van der Waals surface area contributed by atoms with Gasteiger partial charge in [-0.2, -0.15) is 0 Å². The number of hydrogen-bond acceptors (Lipinski definition) is 6. The average Bonchev–Trinajstić information content (AvgIpc) is 3.03. The van der Waals surface area contributed by atoms with Crippen LogP contribution in [0.5, 0.6) is 0 Å². The van der Waals surface area contributed by atoms with Crippen molar-refractivity contribution < 1.29 is 0 Å². The molecule has 1 aliphatic heterocycles. The second-order valence-corrected chi connectivity index (χ2v) is 7.55. The lowest BCUT2D eigenvalue weighted by Gasteiger charge is -2.35. The molecule has 25 heavy (non-hydrogen) atoms. The topological polar surface area (TPSA) is 54.3 Å². The molecule has 3 heterocycles. The van der Waals surface area contributed by atoms with Crippen molar-refractivity contribution in [1.82, 2.24) is 19.4 Å². The number of rotatable bonds is 3. The zero-order valence-electron chi connectivity index (χ0n) is 14.5. The molecule has 7 heteroatoms. The lowest BCUT2D eigenvalue weighted by molar-refractivity contribution is 0.247. The number of anilines is 1. The van der Waals surface area contributed by atoms with Crippen molar-refractivity contribution in [1.29, 1.82) is 0 Å². The van der Waals surface area contributed by atoms with Crippen LogP contribution in [0.1, 0.15) is 10.7 Å². The van der Waals surface area contributed by atoms with Crippen LogP contribution in [0.25, 0.3) is 10.9 Å². The smallest absolute Gasteiger partial charge is 0.260 e. The number of benzene rings is 1. The third-order valence-corrected chi connectivity index (χ3v) is 5.51. The van der Waals surface area contributed by atoms with Gasteiger partial charge in [-0.25, -0.2) is 9.97 Å². The molecule has 0 amide bonds. The first kappa shape index (κ1) is 16.2. The lowest BCUT2D eigenvalue weighted by Crippen LogP contribution is -2.46. The Morgan fingerprint density at radius 3 is 2.72 bits per heavy atom. The minimum absolute atomic E-state index is 0.0000688. The Morgan fingerprint density at radius 2 is 2.00 bits per heavy atom. The molecule has 4 rings (SSSR count). The van der Waals surface area contributed by atoms with Gasteiger partial charge in [0.05, 0.1) is 27.9 Å². The minimum atomic E-state index is -0.0000688. The van der Waals surface area contributed by atoms with Crippen LogP contribution < -0.4 is 10.5 Å². The highest BCUT2D eigenvalue weighted by atomic mass is 32.1. The predicted molar refractivity (Wildman–Crippen MR) is 101 cm³/mol. The van der Waals surface area contributed by atoms with Crippen molar-refractivity contribution in [2.45, 2.75) is 13.5 Å². The maximum absolute atomic E-state index is 12.1. The quantitative estimate of drug-likeness (QED) is 0.719. The van der Waals surface area contributed by atoms with E-state index in [0.717, 1.165) is 48.9 Å². The fourth-order valence-electron chi connectivity index (χ4n) is 3.27. The van der Waals surface area contributed by atoms with E-state index in [4.69, 9.17) is 0 Å². The van der Waals surface area contributed by atoms with E-state index in [1.165, 1.54) is 10.3 Å². The van der Waals surface area contributed by atoms with Gasteiger partial charge in [0.1, 0.15) is 0 Å². The van der Waals surface area contributed by atoms with Gasteiger partial charge in [-0.1, -0.05) is 0 Å². The van der Waals surface area contributed by atoms with Gasteiger partial charge in [-0.15, -0.1) is 11.3 Å². The molecule has 1 saturated heterocycles. The van der Waals surface area contributed by atoms with Crippen LogP contribution in [0.4, 0.5) is 5.69 Å². The third-order valence-electron chi connectivity index (χ3n) is 4.69. The SMILES string of the molecule is Cc1nc(CN2CCN(c3ccc4c(=O)n(C)cnc4c3)CC2)cs1. The van der Waals surface area contributed by atoms with E-state index in [9.17, 15) is 4.79 Å². The second-order valence-electron chi connectivity index (χ2n) is 6.48. The molecule has 6 nitrogen and oxygen atoms in total. The van der Waals surface area contributed by atoms with Crippen molar-refractivity contribution in [2.24, 2.45) is 7.05 Å². The normalized spacial score (nSPS) is 15.8. The number of fused-ring (bicyclic) bond motifs is 1. The number of piperazine rings is 1. The summed E-state index contributed by atoms with van der Waals surface area (Å²) < 4.78 is 1.51. The number of thiazole rings is 1. The van der Waals surface area contributed by atoms with Crippen LogP contribution in [0.15, 0.2) is 34.7 Å². The average molecular weight is 355 g/mol. The Hall–Kier alpha value is -2.25. The Balaban J connectivity index is 1.46. The summed E-state index contributed by atoms with van der Waals surface area (Å²) in [5.74, 6) is 0. The molecular formula is C18H21N5OS. The molecule has 130 valence electrons. The first-order chi connectivity index (χ1) is 12.1. The maximum atomic E-state index is 12.1. The van der Waals surface area contributed by atoms with Crippen LogP contribution in [0.3, 0.4) is 0 Å². The highest BCUT2D eigenvalue weighted by Crippen LogP contribution is 2.21. The fourth-order valence-corrected chi connectivity index (χ4v) is 3.87. The van der Waals surface area contributed by atoms with Gasteiger partial charge in [0, 0.05) is 50.8 Å². The van der Waals surface area contributed by atoms with Gasteiger partial charge >= 0.3 is 0 Å². The Bertz CT molecular complexity index is 955. The standard InChI is InChI=1S/C18H21N5OS/c1-13-20-14(11-25-13)10-22-5-7-23(8-6-22)15-3-4-16-17(9-15)19-12-21(2)18(16)24/h3-4,9,11-12H,5-8,10H2,1-2H3. The number of nitrogens with zero attached hydrogens (tertiary/aromatic N) is 5. The Morgan fingerprint density at radius 1 is 1.20 bits per heavy atom. The van der Waals surface area contributed by atoms with E-state index in [2.05, 4.69) is 25.1 Å². The van der Waals surface area contributed by atoms with E-state index >= 15 is 0 Å². The van der Waals surface area contributed by atoms with E-state index in [1.807, 2.05) is 25.1 Å². The molecule has 0 aliphatic carbocycles. The predicted octanol–water partition coefficient (Wildman–Crippen LogP) is 2.02. The van der Waals surface area contributed by atoms with Crippen molar-refractivity contribution in [3.05, 3.63) is 51.0 Å². The first-order valence-corrected chi connectivity index (χ1v) is 9.32. The van der Waals surface area contributed by atoms with Gasteiger partial charge < -0.3 is 9.47 Å². The lowest BCUT2D eigenvalue weighted by atomic mass is 10.2. The molecule has 0 saturated carbocycles. The number of hydrogen-bond donors (Lipinski definition) is 0. The molecule has 1 aliphatic rings. The van der Waals surface area contributed by atoms with Gasteiger partial charge in [0.15, 0.2) is 0 Å². The molecule has 0 radical (unpaired) electrons. The third kappa shape index (κ3) is 3.29. The summed E-state index contributed by atoms with van der Waals surface area (Å²) in [7, 11) is 1.73. The van der Waals surface area contributed by atoms with Gasteiger partial charge in [-0.3, -0.25) is 9.69 Å². The number of aryl methyl sites for hydroxylation is 2. The summed E-state index contributed by atoms with van der Waals surface area (Å²) in [6, 6.07) is 5.95. The van der Waals surface area contributed by atoms with Crippen LogP contribution >= 0.6 is 11.3 Å². The van der Waals surface area contributed by atoms with Crippen LogP contribution in [-0.2, 0) is 13.6 Å². The van der Waals surface area contributed by atoms with E-state index in [1.54, 1.807) is 24.7 Å². The molecule has 0 bridgehead atoms. The summed E-state index contributed by atoms with van der Waals surface area (Å²) in [4.78, 5) is 25.9. The van der Waals surface area contributed by atoms with E-state index in [0.29, 0.717) is 5.39 Å². The van der Waals surface area contributed by atoms with Gasteiger partial charge in [0.2, 0.25) is 0 Å². The van der Waals surface area contributed by atoms with E-state index in [-0.39, 0.29) is 5.56 Å². The van der Waals surface area contributed by atoms with Crippen LogP contribution in [0, 0.1) is 6.92 Å². The van der Waals surface area contributed by atoms with Crippen LogP contribution in [-0.4, -0.2) is 45.6 Å². The molecular weight excluding hydrogens is 334 g/mol. The summed E-state index contributed by atoms with van der Waals surface area (Å²) in [6.45, 7) is 6.94. The molecule has 0 N–H and O–H groups in total. The monoisotopic (exact) mass is 355 g/mol. The van der Waals surface area contributed by atoms with Crippen LogP contribution in [0.2, 0.25) is 0 Å². The molecule has 2 aromatic heterocycles. The van der Waals surface area contributed by atoms with Crippen molar-refractivity contribution in [2.75, 3.05) is 31.1 Å². The van der Waals surface area contributed by atoms with Crippen molar-refractivity contribution in [3.8, 4) is 0 Å². The summed E-state index contributed by atoms with van der Waals surface area (Å²) in [6.07, 6.45) is 1.59. The zero-order chi connectivity index (χ0) is 17.4. The second kappa shape index (κ2) is 6.57. The largest absolute Gasteiger partial charge is 0.369 e. The van der Waals surface area contributed by atoms with E-state index < -0.39 is 0 Å². The molecule has 1 aromatic carbocycles. The van der Waals surface area contributed by atoms with Gasteiger partial charge in [-0.05, 0) is 25.1 Å². The highest BCUT2D eigenvalue weighted by molar-refractivity contribution is 7.09. The Labute approximate surface area is 150 Å². The fraction of sp³-hybridized carbons (Fsp3) is 0.389. The zero-order valence-corrected chi connectivity index (χ0v) is 15.3. The molecule has 3 aromatic rings. The summed E-state index contributed by atoms with van der Waals surface area (Å²) in [5.41, 5.74) is 3.07. The van der Waals surface area contributed by atoms with Crippen molar-refractivity contribution in [3.63, 3.8) is 0 Å². The molecule has 0 unspecified atom stereocenters. The van der Waals surface area contributed by atoms with Gasteiger partial charge in [0.25, 0.3) is 5.56 Å². The van der Waals surface area contributed by atoms with Crippen molar-refractivity contribution >= 4 is 27.9 Å². The highest BCUT2D eigenvalue weighted by Gasteiger charge is 2.18. The number of aromatic nitrogens is 3. The summed E-state index contributed by atoms with van der Waals surface area (Å²) >= 11 is 1.71. The molecule has 0 atom stereocenters. The summed E-state index contributed by atoms with van der Waals surface area (Å²) in [5, 5.41) is 3.95. The Kier molecular flexibility index (Phi) is 4.27. The first-order valence-electron chi connectivity index (χ1n) is 8.44.